The lowest BCUT2D eigenvalue weighted by Gasteiger charge is -2.16. The molecule has 0 unspecified atom stereocenters. The molecule has 0 aliphatic carbocycles. The fourth-order valence-electron chi connectivity index (χ4n) is 2.69. The Balaban J connectivity index is 1.77. The first-order valence-corrected chi connectivity index (χ1v) is 9.92. The summed E-state index contributed by atoms with van der Waals surface area (Å²) in [5, 5.41) is 6.93. The predicted octanol–water partition coefficient (Wildman–Crippen LogP) is 5.14. The van der Waals surface area contributed by atoms with Crippen LogP contribution in [0.1, 0.15) is 37.8 Å². The molecule has 2 N–H and O–H groups in total. The average Bonchev–Trinajstić information content (AvgIpc) is 2.66. The highest BCUT2D eigenvalue weighted by Gasteiger charge is 2.10. The Morgan fingerprint density at radius 2 is 1.70 bits per heavy atom. The number of ether oxygens (including phenoxy) is 1. The molecule has 144 valence electrons. The fourth-order valence-corrected chi connectivity index (χ4v) is 3.03. The molecule has 0 saturated carbocycles. The van der Waals surface area contributed by atoms with E-state index in [2.05, 4.69) is 36.6 Å². The number of carbonyl (C=O) groups is 1. The van der Waals surface area contributed by atoms with Crippen LogP contribution >= 0.6 is 23.8 Å². The number of nitrogens with one attached hydrogen (secondary N) is 2. The van der Waals surface area contributed by atoms with Crippen LogP contribution in [0.5, 0.6) is 5.75 Å². The first kappa shape index (κ1) is 21.2. The minimum absolute atomic E-state index is 0.126. The van der Waals surface area contributed by atoms with Gasteiger partial charge in [-0.1, -0.05) is 43.6 Å². The number of thiocarbonyl (C=S) groups is 1. The second kappa shape index (κ2) is 10.9. The lowest BCUT2D eigenvalue weighted by atomic mass is 10.0. The van der Waals surface area contributed by atoms with Crippen LogP contribution in [0.3, 0.4) is 0 Å². The van der Waals surface area contributed by atoms with E-state index in [9.17, 15) is 4.79 Å². The molecule has 2 aromatic rings. The lowest BCUT2D eigenvalue weighted by molar-refractivity contribution is -0.119. The number of rotatable bonds is 8. The zero-order valence-electron chi connectivity index (χ0n) is 15.7. The highest BCUT2D eigenvalue weighted by atomic mass is 35.5. The van der Waals surface area contributed by atoms with E-state index in [1.54, 1.807) is 24.3 Å². The number of benzene rings is 2. The topological polar surface area (TPSA) is 50.4 Å². The molecule has 0 bridgehead atoms. The molecule has 0 aliphatic rings. The van der Waals surface area contributed by atoms with Gasteiger partial charge in [-0.25, -0.2) is 0 Å². The van der Waals surface area contributed by atoms with Crippen molar-refractivity contribution in [2.45, 2.75) is 39.5 Å². The predicted molar refractivity (Wildman–Crippen MR) is 116 cm³/mol. The number of para-hydroxylation sites is 1. The summed E-state index contributed by atoms with van der Waals surface area (Å²) >= 11 is 11.1. The Labute approximate surface area is 171 Å². The van der Waals surface area contributed by atoms with Crippen molar-refractivity contribution >= 4 is 40.5 Å². The maximum Gasteiger partial charge on any atom is 0.226 e. The summed E-state index contributed by atoms with van der Waals surface area (Å²) in [6, 6.07) is 13.3. The molecule has 0 aromatic heterocycles. The summed E-state index contributed by atoms with van der Waals surface area (Å²) in [6.07, 6.45) is 2.73. The van der Waals surface area contributed by atoms with E-state index in [1.807, 2.05) is 6.07 Å². The third-order valence-electron chi connectivity index (χ3n) is 4.12. The van der Waals surface area contributed by atoms with Crippen LogP contribution < -0.4 is 15.4 Å². The molecular weight excluding hydrogens is 380 g/mol. The van der Waals surface area contributed by atoms with Crippen molar-refractivity contribution in [2.24, 2.45) is 0 Å². The zero-order chi connectivity index (χ0) is 19.6. The van der Waals surface area contributed by atoms with Crippen LogP contribution in [0.25, 0.3) is 0 Å². The quantitative estimate of drug-likeness (QED) is 0.472. The summed E-state index contributed by atoms with van der Waals surface area (Å²) in [7, 11) is 0. The van der Waals surface area contributed by atoms with E-state index >= 15 is 0 Å². The number of carbonyl (C=O) groups excluding carboxylic acids is 1. The standard InChI is InChI=1S/C21H25ClN2O2S/c1-3-15-7-5-8-16(4-2)20(15)24-21(27)23-19(25)9-6-14-26-18-12-10-17(22)11-13-18/h5,7-8,10-13H,3-4,6,9,14H2,1-2H3,(H2,23,24,25,27). The minimum atomic E-state index is -0.126. The molecule has 0 fully saturated rings. The van der Waals surface area contributed by atoms with Crippen molar-refractivity contribution in [3.8, 4) is 5.75 Å². The van der Waals surface area contributed by atoms with E-state index in [1.165, 1.54) is 11.1 Å². The Morgan fingerprint density at radius 1 is 1.07 bits per heavy atom. The Morgan fingerprint density at radius 3 is 2.30 bits per heavy atom. The van der Waals surface area contributed by atoms with Gasteiger partial charge in [0.05, 0.1) is 6.61 Å². The van der Waals surface area contributed by atoms with Crippen LogP contribution in [0, 0.1) is 0 Å². The highest BCUT2D eigenvalue weighted by molar-refractivity contribution is 7.80. The van der Waals surface area contributed by atoms with Crippen molar-refractivity contribution in [3.05, 3.63) is 58.6 Å². The van der Waals surface area contributed by atoms with E-state index in [-0.39, 0.29) is 5.91 Å². The molecule has 0 saturated heterocycles. The molecule has 0 heterocycles. The van der Waals surface area contributed by atoms with Gasteiger partial charge in [-0.05, 0) is 66.9 Å². The number of amides is 1. The van der Waals surface area contributed by atoms with Crippen molar-refractivity contribution in [2.75, 3.05) is 11.9 Å². The zero-order valence-corrected chi connectivity index (χ0v) is 17.3. The molecule has 4 nitrogen and oxygen atoms in total. The Kier molecular flexibility index (Phi) is 8.55. The van der Waals surface area contributed by atoms with Crippen LogP contribution in [-0.2, 0) is 17.6 Å². The van der Waals surface area contributed by atoms with Gasteiger partial charge in [0.25, 0.3) is 0 Å². The van der Waals surface area contributed by atoms with E-state index < -0.39 is 0 Å². The average molecular weight is 405 g/mol. The smallest absolute Gasteiger partial charge is 0.226 e. The number of hydrogen-bond acceptors (Lipinski definition) is 3. The summed E-state index contributed by atoms with van der Waals surface area (Å²) in [4.78, 5) is 12.1. The van der Waals surface area contributed by atoms with Crippen molar-refractivity contribution in [1.82, 2.24) is 5.32 Å². The minimum Gasteiger partial charge on any atom is -0.494 e. The first-order chi connectivity index (χ1) is 13.0. The molecule has 6 heteroatoms. The number of halogens is 1. The fraction of sp³-hybridized carbons (Fsp3) is 0.333. The summed E-state index contributed by atoms with van der Waals surface area (Å²) in [5.74, 6) is 0.611. The first-order valence-electron chi connectivity index (χ1n) is 9.13. The molecular formula is C21H25ClN2O2S. The van der Waals surface area contributed by atoms with Gasteiger partial charge in [-0.3, -0.25) is 4.79 Å². The molecule has 2 rings (SSSR count). The Bertz CT molecular complexity index is 756. The maximum absolute atomic E-state index is 12.1. The number of anilines is 1. The SMILES string of the molecule is CCc1cccc(CC)c1NC(=S)NC(=O)CCCOc1ccc(Cl)cc1. The second-order valence-corrected chi connectivity index (χ2v) is 6.91. The van der Waals surface area contributed by atoms with E-state index in [4.69, 9.17) is 28.6 Å². The summed E-state index contributed by atoms with van der Waals surface area (Å²) < 4.78 is 5.59. The van der Waals surface area contributed by atoms with Crippen LogP contribution in [0.2, 0.25) is 5.02 Å². The van der Waals surface area contributed by atoms with Crippen molar-refractivity contribution in [3.63, 3.8) is 0 Å². The molecule has 0 radical (unpaired) electrons. The summed E-state index contributed by atoms with van der Waals surface area (Å²) in [6.45, 7) is 4.65. The third kappa shape index (κ3) is 6.85. The summed E-state index contributed by atoms with van der Waals surface area (Å²) in [5.41, 5.74) is 3.36. The van der Waals surface area contributed by atoms with Crippen LogP contribution in [0.15, 0.2) is 42.5 Å². The monoisotopic (exact) mass is 404 g/mol. The van der Waals surface area contributed by atoms with E-state index in [0.29, 0.717) is 29.6 Å². The van der Waals surface area contributed by atoms with Crippen molar-refractivity contribution in [1.29, 1.82) is 0 Å². The van der Waals surface area contributed by atoms with Gasteiger partial charge >= 0.3 is 0 Å². The molecule has 0 spiro atoms. The van der Waals surface area contributed by atoms with Gasteiger partial charge in [0.2, 0.25) is 5.91 Å². The molecule has 2 aromatic carbocycles. The number of hydrogen-bond donors (Lipinski definition) is 2. The largest absolute Gasteiger partial charge is 0.494 e. The third-order valence-corrected chi connectivity index (χ3v) is 4.58. The molecule has 1 amide bonds. The van der Waals surface area contributed by atoms with Crippen LogP contribution in [0.4, 0.5) is 5.69 Å². The van der Waals surface area contributed by atoms with Gasteiger partial charge in [-0.2, -0.15) is 0 Å². The van der Waals surface area contributed by atoms with Gasteiger partial charge in [-0.15, -0.1) is 0 Å². The molecule has 0 atom stereocenters. The Hall–Kier alpha value is -2.11. The van der Waals surface area contributed by atoms with Gasteiger partial charge in [0.15, 0.2) is 5.11 Å². The van der Waals surface area contributed by atoms with Gasteiger partial charge in [0.1, 0.15) is 5.75 Å². The molecule has 0 aliphatic heterocycles. The van der Waals surface area contributed by atoms with Gasteiger partial charge in [0, 0.05) is 17.1 Å². The molecule has 27 heavy (non-hydrogen) atoms. The van der Waals surface area contributed by atoms with Crippen LogP contribution in [-0.4, -0.2) is 17.6 Å². The van der Waals surface area contributed by atoms with Crippen molar-refractivity contribution < 1.29 is 9.53 Å². The second-order valence-electron chi connectivity index (χ2n) is 6.07. The maximum atomic E-state index is 12.1. The van der Waals surface area contributed by atoms with E-state index in [0.717, 1.165) is 24.3 Å². The number of aryl methyl sites for hydroxylation is 2. The highest BCUT2D eigenvalue weighted by Crippen LogP contribution is 2.22. The van der Waals surface area contributed by atoms with Gasteiger partial charge < -0.3 is 15.4 Å². The lowest BCUT2D eigenvalue weighted by Crippen LogP contribution is -2.34. The normalized spacial score (nSPS) is 10.3.